The normalized spacial score (nSPS) is 10.7. The van der Waals surface area contributed by atoms with Crippen LogP contribution in [0.5, 0.6) is 0 Å². The van der Waals surface area contributed by atoms with Gasteiger partial charge in [-0.2, -0.15) is 0 Å². The van der Waals surface area contributed by atoms with E-state index in [9.17, 15) is 4.79 Å². The maximum Gasteiger partial charge on any atom is 0.309 e. The van der Waals surface area contributed by atoms with Crippen molar-refractivity contribution in [2.75, 3.05) is 0 Å². The first kappa shape index (κ1) is 13.5. The molecule has 0 saturated heterocycles. The summed E-state index contributed by atoms with van der Waals surface area (Å²) in [5.74, 6) is -0.965. The highest BCUT2D eigenvalue weighted by molar-refractivity contribution is 6.30. The molecule has 0 spiro atoms. The molecule has 0 fully saturated rings. The van der Waals surface area contributed by atoms with Gasteiger partial charge >= 0.3 is 5.97 Å². The van der Waals surface area contributed by atoms with E-state index in [0.717, 1.165) is 22.4 Å². The lowest BCUT2D eigenvalue weighted by Crippen LogP contribution is -2.11. The highest BCUT2D eigenvalue weighted by atomic mass is 35.5. The van der Waals surface area contributed by atoms with Crippen molar-refractivity contribution < 1.29 is 9.90 Å². The lowest BCUT2D eigenvalue weighted by molar-refractivity contribution is -0.136. The zero-order valence-electron chi connectivity index (χ0n) is 10.9. The summed E-state index contributed by atoms with van der Waals surface area (Å²) in [5.41, 5.74) is 4.38. The Labute approximate surface area is 115 Å². The number of benzene rings is 1. The second kappa shape index (κ2) is 5.01. The topological polar surface area (TPSA) is 68.0 Å². The average Bonchev–Trinajstić information content (AvgIpc) is 2.59. The van der Waals surface area contributed by atoms with Gasteiger partial charge in [0.25, 0.3) is 0 Å². The Kier molecular flexibility index (Phi) is 3.57. The molecule has 0 amide bonds. The number of carbonyl (C=O) groups is 1. The molecule has 0 bridgehead atoms. The van der Waals surface area contributed by atoms with Gasteiger partial charge in [0.15, 0.2) is 5.15 Å². The number of aliphatic carboxylic acids is 1. The molecule has 2 aromatic rings. The highest BCUT2D eigenvalue weighted by Crippen LogP contribution is 2.24. The number of aryl methyl sites for hydroxylation is 3. The molecule has 1 aromatic heterocycles. The van der Waals surface area contributed by atoms with Crippen molar-refractivity contribution in [1.29, 1.82) is 0 Å². The van der Waals surface area contributed by atoms with E-state index >= 15 is 0 Å². The third-order valence-corrected chi connectivity index (χ3v) is 3.18. The molecule has 0 atom stereocenters. The number of hydrogen-bond acceptors (Lipinski definition) is 3. The predicted molar refractivity (Wildman–Crippen MR) is 71.9 cm³/mol. The number of hydrogen-bond donors (Lipinski definition) is 1. The van der Waals surface area contributed by atoms with Gasteiger partial charge in [-0.05, 0) is 31.9 Å². The Bertz CT molecular complexity index is 626. The first-order valence-corrected chi connectivity index (χ1v) is 6.18. The molecule has 6 heteroatoms. The van der Waals surface area contributed by atoms with Crippen molar-refractivity contribution >= 4 is 17.6 Å². The number of carboxylic acid groups (broad SMARTS) is 1. The van der Waals surface area contributed by atoms with E-state index in [2.05, 4.69) is 10.3 Å². The Morgan fingerprint density at radius 2 is 1.89 bits per heavy atom. The molecule has 2 rings (SSSR count). The molecule has 0 aliphatic heterocycles. The van der Waals surface area contributed by atoms with Gasteiger partial charge in [-0.15, -0.1) is 5.10 Å². The third-order valence-electron chi connectivity index (χ3n) is 2.88. The lowest BCUT2D eigenvalue weighted by atomic mass is 10.0. The van der Waals surface area contributed by atoms with Crippen molar-refractivity contribution in [3.63, 3.8) is 0 Å². The van der Waals surface area contributed by atoms with Gasteiger partial charge in [-0.3, -0.25) is 4.79 Å². The van der Waals surface area contributed by atoms with Crippen LogP contribution in [0.25, 0.3) is 5.69 Å². The number of aromatic nitrogens is 3. The summed E-state index contributed by atoms with van der Waals surface area (Å²) in [6.45, 7) is 5.92. The maximum absolute atomic E-state index is 10.9. The standard InChI is InChI=1S/C13H14ClN3O2/c1-7-4-8(2)12(9(3)5-7)17-10(6-11(18)19)13(14)15-16-17/h4-5H,6H2,1-3H3,(H,18,19). The Hall–Kier alpha value is -1.88. The van der Waals surface area contributed by atoms with Gasteiger partial charge in [-0.1, -0.05) is 34.5 Å². The Morgan fingerprint density at radius 3 is 2.42 bits per heavy atom. The minimum Gasteiger partial charge on any atom is -0.481 e. The Morgan fingerprint density at radius 1 is 1.32 bits per heavy atom. The molecular weight excluding hydrogens is 266 g/mol. The van der Waals surface area contributed by atoms with Gasteiger partial charge < -0.3 is 5.11 Å². The number of rotatable bonds is 3. The van der Waals surface area contributed by atoms with E-state index in [1.54, 1.807) is 0 Å². The zero-order chi connectivity index (χ0) is 14.2. The molecule has 1 aromatic carbocycles. The van der Waals surface area contributed by atoms with Gasteiger partial charge in [0.2, 0.25) is 0 Å². The SMILES string of the molecule is Cc1cc(C)c(-n2nnc(Cl)c2CC(=O)O)c(C)c1. The summed E-state index contributed by atoms with van der Waals surface area (Å²) in [4.78, 5) is 10.9. The van der Waals surface area contributed by atoms with Gasteiger partial charge in [0.1, 0.15) is 0 Å². The quantitative estimate of drug-likeness (QED) is 0.937. The van der Waals surface area contributed by atoms with Crippen LogP contribution in [0, 0.1) is 20.8 Å². The molecule has 1 N–H and O–H groups in total. The first-order valence-electron chi connectivity index (χ1n) is 5.80. The van der Waals surface area contributed by atoms with E-state index < -0.39 is 5.97 Å². The summed E-state index contributed by atoms with van der Waals surface area (Å²) in [6.07, 6.45) is -0.210. The van der Waals surface area contributed by atoms with Crippen LogP contribution in [0.1, 0.15) is 22.4 Å². The van der Waals surface area contributed by atoms with Crippen molar-refractivity contribution in [3.05, 3.63) is 39.7 Å². The van der Waals surface area contributed by atoms with Crippen LogP contribution >= 0.6 is 11.6 Å². The molecule has 0 unspecified atom stereocenters. The summed E-state index contributed by atoms with van der Waals surface area (Å²) < 4.78 is 1.51. The van der Waals surface area contributed by atoms with Crippen LogP contribution in [-0.2, 0) is 11.2 Å². The fourth-order valence-corrected chi connectivity index (χ4v) is 2.44. The monoisotopic (exact) mass is 279 g/mol. The number of halogens is 1. The summed E-state index contributed by atoms with van der Waals surface area (Å²) in [7, 11) is 0. The number of carboxylic acids is 1. The van der Waals surface area contributed by atoms with E-state index in [4.69, 9.17) is 16.7 Å². The highest BCUT2D eigenvalue weighted by Gasteiger charge is 2.18. The van der Waals surface area contributed by atoms with Crippen molar-refractivity contribution in [3.8, 4) is 5.69 Å². The molecule has 1 heterocycles. The average molecular weight is 280 g/mol. The van der Waals surface area contributed by atoms with Gasteiger partial charge in [0, 0.05) is 0 Å². The Balaban J connectivity index is 2.63. The second-order valence-electron chi connectivity index (χ2n) is 4.56. The fraction of sp³-hybridized carbons (Fsp3) is 0.308. The molecule has 100 valence electrons. The number of nitrogens with zero attached hydrogens (tertiary/aromatic N) is 3. The molecule has 0 radical (unpaired) electrons. The summed E-state index contributed by atoms with van der Waals surface area (Å²) in [5, 5.41) is 16.8. The predicted octanol–water partition coefficient (Wildman–Crippen LogP) is 2.47. The van der Waals surface area contributed by atoms with E-state index in [1.807, 2.05) is 32.9 Å². The van der Waals surface area contributed by atoms with Gasteiger partial charge in [0.05, 0.1) is 17.8 Å². The summed E-state index contributed by atoms with van der Waals surface area (Å²) >= 11 is 5.92. The molecule has 5 nitrogen and oxygen atoms in total. The summed E-state index contributed by atoms with van der Waals surface area (Å²) in [6, 6.07) is 4.03. The molecule has 0 aliphatic rings. The van der Waals surface area contributed by atoms with Crippen LogP contribution < -0.4 is 0 Å². The molecular formula is C13H14ClN3O2. The van der Waals surface area contributed by atoms with E-state index in [0.29, 0.717) is 5.69 Å². The van der Waals surface area contributed by atoms with E-state index in [-0.39, 0.29) is 11.6 Å². The van der Waals surface area contributed by atoms with Crippen LogP contribution in [0.2, 0.25) is 5.15 Å². The van der Waals surface area contributed by atoms with Crippen molar-refractivity contribution in [2.45, 2.75) is 27.2 Å². The van der Waals surface area contributed by atoms with E-state index in [1.165, 1.54) is 4.68 Å². The smallest absolute Gasteiger partial charge is 0.309 e. The second-order valence-corrected chi connectivity index (χ2v) is 4.91. The maximum atomic E-state index is 10.9. The molecule has 0 aliphatic carbocycles. The largest absolute Gasteiger partial charge is 0.481 e. The van der Waals surface area contributed by atoms with Crippen molar-refractivity contribution in [2.24, 2.45) is 0 Å². The van der Waals surface area contributed by atoms with Crippen LogP contribution in [0.3, 0.4) is 0 Å². The minimum atomic E-state index is -0.965. The van der Waals surface area contributed by atoms with Crippen LogP contribution in [0.4, 0.5) is 0 Å². The van der Waals surface area contributed by atoms with Crippen molar-refractivity contribution in [1.82, 2.24) is 15.0 Å². The zero-order valence-corrected chi connectivity index (χ0v) is 11.7. The fourth-order valence-electron chi connectivity index (χ4n) is 2.26. The van der Waals surface area contributed by atoms with Gasteiger partial charge in [-0.25, -0.2) is 4.68 Å². The minimum absolute atomic E-state index is 0.127. The van der Waals surface area contributed by atoms with Crippen LogP contribution in [-0.4, -0.2) is 26.1 Å². The molecule has 0 saturated carbocycles. The molecule has 19 heavy (non-hydrogen) atoms. The third kappa shape index (κ3) is 2.61. The lowest BCUT2D eigenvalue weighted by Gasteiger charge is -2.12. The van der Waals surface area contributed by atoms with Crippen LogP contribution in [0.15, 0.2) is 12.1 Å². The first-order chi connectivity index (χ1) is 8.90.